The van der Waals surface area contributed by atoms with E-state index in [2.05, 4.69) is 27.9 Å². The Labute approximate surface area is 52.8 Å². The van der Waals surface area contributed by atoms with E-state index in [-0.39, 0.29) is 0 Å². The van der Waals surface area contributed by atoms with Crippen LogP contribution in [0.1, 0.15) is 6.42 Å². The third kappa shape index (κ3) is 1.42. The summed E-state index contributed by atoms with van der Waals surface area (Å²) in [5.74, 6) is 0. The van der Waals surface area contributed by atoms with E-state index >= 15 is 0 Å². The topological polar surface area (TPSA) is 3.24 Å². The van der Waals surface area contributed by atoms with Crippen LogP contribution in [0.5, 0.6) is 0 Å². The van der Waals surface area contributed by atoms with Gasteiger partial charge in [-0.3, -0.25) is 0 Å². The van der Waals surface area contributed by atoms with Crippen molar-refractivity contribution in [3.05, 3.63) is 0 Å². The zero-order chi connectivity index (χ0) is 5.28. The molecule has 0 N–H and O–H groups in total. The van der Waals surface area contributed by atoms with E-state index in [0.29, 0.717) is 0 Å². The average molecular weight is 164 g/mol. The smallest absolute Gasteiger partial charge is 0.0285 e. The molecule has 0 radical (unpaired) electrons. The van der Waals surface area contributed by atoms with Crippen molar-refractivity contribution in [3.63, 3.8) is 0 Å². The Hall–Kier alpha value is 0.440. The average Bonchev–Trinajstić information content (AvgIpc) is 1.87. The fourth-order valence-corrected chi connectivity index (χ4v) is 1.58. The van der Waals surface area contributed by atoms with Gasteiger partial charge in [0.05, 0.1) is 0 Å². The van der Waals surface area contributed by atoms with Crippen LogP contribution < -0.4 is 0 Å². The maximum absolute atomic E-state index is 3.54. The monoisotopic (exact) mass is 163 g/mol. The highest BCUT2D eigenvalue weighted by molar-refractivity contribution is 9.09. The lowest BCUT2D eigenvalue weighted by atomic mass is 10.4. The molecule has 2 heteroatoms. The van der Waals surface area contributed by atoms with E-state index in [9.17, 15) is 0 Å². The quantitative estimate of drug-likeness (QED) is 0.484. The first kappa shape index (κ1) is 5.57. The second-order valence-corrected chi connectivity index (χ2v) is 3.44. The minimum absolute atomic E-state index is 0.762. The molecule has 1 nitrogen and oxygen atoms in total. The lowest BCUT2D eigenvalue weighted by molar-refractivity contribution is 0.419. The van der Waals surface area contributed by atoms with Crippen molar-refractivity contribution < 1.29 is 0 Å². The van der Waals surface area contributed by atoms with Crippen molar-refractivity contribution in [2.75, 3.05) is 20.1 Å². The van der Waals surface area contributed by atoms with Crippen molar-refractivity contribution in [1.29, 1.82) is 0 Å². The number of likely N-dealkylation sites (tertiary alicyclic amines) is 1. The van der Waals surface area contributed by atoms with Gasteiger partial charge < -0.3 is 4.90 Å². The third-order valence-electron chi connectivity index (χ3n) is 1.33. The van der Waals surface area contributed by atoms with Crippen LogP contribution in [0.3, 0.4) is 0 Å². The molecule has 0 aromatic carbocycles. The van der Waals surface area contributed by atoms with Gasteiger partial charge in [-0.2, -0.15) is 0 Å². The van der Waals surface area contributed by atoms with Crippen LogP contribution in [0.2, 0.25) is 0 Å². The predicted molar refractivity (Wildman–Crippen MR) is 34.8 cm³/mol. The molecule has 7 heavy (non-hydrogen) atoms. The number of alkyl halides is 1. The van der Waals surface area contributed by atoms with Crippen LogP contribution in [0.15, 0.2) is 0 Å². The molecule has 1 rings (SSSR count). The molecule has 0 unspecified atom stereocenters. The second-order valence-electron chi connectivity index (χ2n) is 2.15. The first-order chi connectivity index (χ1) is 3.29. The zero-order valence-electron chi connectivity index (χ0n) is 4.52. The number of hydrogen-bond acceptors (Lipinski definition) is 1. The summed E-state index contributed by atoms with van der Waals surface area (Å²) in [6.45, 7) is 2.48. The van der Waals surface area contributed by atoms with E-state index in [0.717, 1.165) is 4.83 Å². The normalized spacial score (nSPS) is 34.3. The summed E-state index contributed by atoms with van der Waals surface area (Å²) in [6, 6.07) is 0. The molecule has 1 fully saturated rings. The fourth-order valence-electron chi connectivity index (χ4n) is 0.881. The summed E-state index contributed by atoms with van der Waals surface area (Å²) < 4.78 is 0. The van der Waals surface area contributed by atoms with Gasteiger partial charge in [0.1, 0.15) is 0 Å². The summed E-state index contributed by atoms with van der Waals surface area (Å²) in [4.78, 5) is 3.09. The molecule has 0 spiro atoms. The lowest BCUT2D eigenvalue weighted by Crippen LogP contribution is -2.13. The molecule has 1 saturated heterocycles. The van der Waals surface area contributed by atoms with E-state index in [1.807, 2.05) is 0 Å². The summed E-state index contributed by atoms with van der Waals surface area (Å²) in [6.07, 6.45) is 1.32. The van der Waals surface area contributed by atoms with E-state index in [1.165, 1.54) is 19.5 Å². The zero-order valence-corrected chi connectivity index (χ0v) is 6.11. The molecule has 1 aliphatic heterocycles. The molecular formula is C5H10BrN. The van der Waals surface area contributed by atoms with Crippen molar-refractivity contribution >= 4 is 15.9 Å². The van der Waals surface area contributed by atoms with Gasteiger partial charge in [-0.1, -0.05) is 15.9 Å². The first-order valence-electron chi connectivity index (χ1n) is 2.61. The number of halogens is 1. The van der Waals surface area contributed by atoms with Gasteiger partial charge in [-0.15, -0.1) is 0 Å². The van der Waals surface area contributed by atoms with Crippen LogP contribution in [0, 0.1) is 0 Å². The van der Waals surface area contributed by atoms with Gasteiger partial charge in [0.2, 0.25) is 0 Å². The van der Waals surface area contributed by atoms with Crippen molar-refractivity contribution in [3.8, 4) is 0 Å². The highest BCUT2D eigenvalue weighted by Crippen LogP contribution is 2.13. The largest absolute Gasteiger partial charge is 0.305 e. The second kappa shape index (κ2) is 2.14. The van der Waals surface area contributed by atoms with Gasteiger partial charge in [0.25, 0.3) is 0 Å². The van der Waals surface area contributed by atoms with Gasteiger partial charge >= 0.3 is 0 Å². The van der Waals surface area contributed by atoms with Crippen LogP contribution in [0.25, 0.3) is 0 Å². The first-order valence-corrected chi connectivity index (χ1v) is 3.53. The van der Waals surface area contributed by atoms with Gasteiger partial charge in [0, 0.05) is 11.4 Å². The van der Waals surface area contributed by atoms with Gasteiger partial charge in [-0.25, -0.2) is 0 Å². The molecular weight excluding hydrogens is 154 g/mol. The van der Waals surface area contributed by atoms with Gasteiger partial charge in [0.15, 0.2) is 0 Å². The van der Waals surface area contributed by atoms with Crippen LogP contribution >= 0.6 is 15.9 Å². The maximum Gasteiger partial charge on any atom is 0.0285 e. The SMILES string of the molecule is CN1CC[C@@H](Br)C1. The number of rotatable bonds is 0. The Kier molecular flexibility index (Phi) is 1.70. The molecule has 0 saturated carbocycles. The standard InChI is InChI=1S/C5H10BrN/c1-7-3-2-5(6)4-7/h5H,2-4H2,1H3/t5-/m1/s1. The van der Waals surface area contributed by atoms with E-state index < -0.39 is 0 Å². The molecule has 1 atom stereocenters. The summed E-state index contributed by atoms with van der Waals surface area (Å²) in [7, 11) is 2.15. The Morgan fingerprint density at radius 3 is 2.57 bits per heavy atom. The highest BCUT2D eigenvalue weighted by Gasteiger charge is 2.14. The fraction of sp³-hybridized carbons (Fsp3) is 1.00. The molecule has 0 aliphatic carbocycles. The molecule has 0 aromatic rings. The predicted octanol–water partition coefficient (Wildman–Crippen LogP) is 1.09. The van der Waals surface area contributed by atoms with Crippen molar-refractivity contribution in [1.82, 2.24) is 4.90 Å². The summed E-state index contributed by atoms with van der Waals surface area (Å²) in [5.41, 5.74) is 0. The third-order valence-corrected chi connectivity index (χ3v) is 2.08. The van der Waals surface area contributed by atoms with Crippen molar-refractivity contribution in [2.45, 2.75) is 11.2 Å². The highest BCUT2D eigenvalue weighted by atomic mass is 79.9. The Morgan fingerprint density at radius 2 is 2.43 bits per heavy atom. The summed E-state index contributed by atoms with van der Waals surface area (Å²) in [5, 5.41) is 0. The van der Waals surface area contributed by atoms with E-state index in [1.54, 1.807) is 0 Å². The number of nitrogens with zero attached hydrogens (tertiary/aromatic N) is 1. The molecule has 0 bridgehead atoms. The van der Waals surface area contributed by atoms with Crippen molar-refractivity contribution in [2.24, 2.45) is 0 Å². The van der Waals surface area contributed by atoms with E-state index in [4.69, 9.17) is 0 Å². The van der Waals surface area contributed by atoms with Crippen LogP contribution in [-0.4, -0.2) is 29.9 Å². The Bertz CT molecular complexity index is 57.1. The summed E-state index contributed by atoms with van der Waals surface area (Å²) >= 11 is 3.54. The van der Waals surface area contributed by atoms with Crippen LogP contribution in [-0.2, 0) is 0 Å². The van der Waals surface area contributed by atoms with Crippen LogP contribution in [0.4, 0.5) is 0 Å². The Morgan fingerprint density at radius 1 is 1.71 bits per heavy atom. The maximum atomic E-state index is 3.54. The molecule has 1 aliphatic rings. The minimum atomic E-state index is 0.762. The molecule has 1 heterocycles. The molecule has 0 amide bonds. The molecule has 42 valence electrons. The minimum Gasteiger partial charge on any atom is -0.305 e. The molecule has 0 aromatic heterocycles. The lowest BCUT2D eigenvalue weighted by Gasteiger charge is -2.02. The Balaban J connectivity index is 2.26. The van der Waals surface area contributed by atoms with Gasteiger partial charge in [-0.05, 0) is 20.0 Å². The number of hydrogen-bond donors (Lipinski definition) is 0.